The molecule has 0 saturated carbocycles. The number of hydrogen-bond acceptors (Lipinski definition) is 6. The van der Waals surface area contributed by atoms with Gasteiger partial charge in [-0.15, -0.1) is 0 Å². The highest BCUT2D eigenvalue weighted by Gasteiger charge is 2.30. The SMILES string of the molecule is Cc1ccc(-c2ccc(-c3nc(-c4ccc(CN(CC(=O)O)C(=O)c5ccc(NC(=O)Cc6ccc(C(F)(F)F)cc6)cc5)cc4)no3)cc2)cc1. The van der Waals surface area contributed by atoms with Crippen LogP contribution in [0.25, 0.3) is 34.0 Å². The Morgan fingerprint density at radius 1 is 0.731 bits per heavy atom. The molecular formula is C40H31F3N4O5. The predicted molar refractivity (Wildman–Crippen MR) is 188 cm³/mol. The molecular weight excluding hydrogens is 673 g/mol. The van der Waals surface area contributed by atoms with Gasteiger partial charge >= 0.3 is 12.1 Å². The summed E-state index contributed by atoms with van der Waals surface area (Å²) >= 11 is 0. The number of anilines is 1. The lowest BCUT2D eigenvalue weighted by Gasteiger charge is -2.21. The molecule has 0 radical (unpaired) electrons. The second-order valence-corrected chi connectivity index (χ2v) is 12.1. The number of aliphatic carboxylic acids is 1. The summed E-state index contributed by atoms with van der Waals surface area (Å²) in [5, 5.41) is 16.3. The molecule has 262 valence electrons. The highest BCUT2D eigenvalue weighted by Crippen LogP contribution is 2.30. The van der Waals surface area contributed by atoms with Crippen molar-refractivity contribution in [2.45, 2.75) is 26.1 Å². The van der Waals surface area contributed by atoms with Crippen LogP contribution in [0.4, 0.5) is 18.9 Å². The average molecular weight is 705 g/mol. The van der Waals surface area contributed by atoms with Gasteiger partial charge in [0.25, 0.3) is 11.8 Å². The van der Waals surface area contributed by atoms with E-state index in [1.165, 1.54) is 46.9 Å². The first-order valence-corrected chi connectivity index (χ1v) is 16.1. The van der Waals surface area contributed by atoms with Crippen molar-refractivity contribution < 1.29 is 37.2 Å². The number of nitrogens with one attached hydrogen (secondary N) is 1. The molecule has 6 aromatic rings. The largest absolute Gasteiger partial charge is 0.480 e. The minimum Gasteiger partial charge on any atom is -0.480 e. The lowest BCUT2D eigenvalue weighted by Crippen LogP contribution is -2.35. The van der Waals surface area contributed by atoms with Crippen molar-refractivity contribution in [3.63, 3.8) is 0 Å². The summed E-state index contributed by atoms with van der Waals surface area (Å²) in [5.41, 5.74) is 5.61. The zero-order valence-corrected chi connectivity index (χ0v) is 27.7. The molecule has 0 fully saturated rings. The number of carboxylic acid groups (broad SMARTS) is 1. The molecule has 5 aromatic carbocycles. The number of halogens is 3. The average Bonchev–Trinajstić information content (AvgIpc) is 3.62. The number of aromatic nitrogens is 2. The van der Waals surface area contributed by atoms with E-state index in [4.69, 9.17) is 4.52 Å². The van der Waals surface area contributed by atoms with E-state index in [0.29, 0.717) is 34.1 Å². The molecule has 0 unspecified atom stereocenters. The summed E-state index contributed by atoms with van der Waals surface area (Å²) in [7, 11) is 0. The van der Waals surface area contributed by atoms with Gasteiger partial charge in [-0.3, -0.25) is 14.4 Å². The van der Waals surface area contributed by atoms with E-state index in [2.05, 4.69) is 39.7 Å². The van der Waals surface area contributed by atoms with Gasteiger partial charge in [0, 0.05) is 28.9 Å². The van der Waals surface area contributed by atoms with Gasteiger partial charge in [0.15, 0.2) is 0 Å². The summed E-state index contributed by atoms with van der Waals surface area (Å²) in [6.07, 6.45) is -4.62. The number of carboxylic acids is 1. The van der Waals surface area contributed by atoms with Crippen LogP contribution in [0.15, 0.2) is 126 Å². The zero-order valence-electron chi connectivity index (χ0n) is 27.7. The fourth-order valence-electron chi connectivity index (χ4n) is 5.43. The van der Waals surface area contributed by atoms with E-state index in [-0.39, 0.29) is 18.5 Å². The highest BCUT2D eigenvalue weighted by atomic mass is 19.4. The Morgan fingerprint density at radius 2 is 1.29 bits per heavy atom. The van der Waals surface area contributed by atoms with Crippen molar-refractivity contribution in [3.05, 3.63) is 149 Å². The first kappa shape index (κ1) is 35.3. The van der Waals surface area contributed by atoms with Gasteiger partial charge in [0.2, 0.25) is 11.7 Å². The Balaban J connectivity index is 1.07. The molecule has 0 bridgehead atoms. The molecule has 52 heavy (non-hydrogen) atoms. The molecule has 0 spiro atoms. The number of aryl methyl sites for hydroxylation is 1. The number of nitrogens with zero attached hydrogens (tertiary/aromatic N) is 3. The van der Waals surface area contributed by atoms with Crippen molar-refractivity contribution in [3.8, 4) is 34.0 Å². The third kappa shape index (κ3) is 8.77. The zero-order chi connectivity index (χ0) is 36.8. The molecule has 0 saturated heterocycles. The molecule has 2 N–H and O–H groups in total. The summed E-state index contributed by atoms with van der Waals surface area (Å²) < 4.78 is 43.9. The maximum absolute atomic E-state index is 13.4. The lowest BCUT2D eigenvalue weighted by atomic mass is 10.0. The van der Waals surface area contributed by atoms with Gasteiger partial charge in [-0.1, -0.05) is 83.5 Å². The molecule has 12 heteroatoms. The van der Waals surface area contributed by atoms with E-state index in [0.717, 1.165) is 28.8 Å². The van der Waals surface area contributed by atoms with E-state index in [1.54, 1.807) is 24.3 Å². The number of carbonyl (C=O) groups is 3. The number of hydrogen-bond donors (Lipinski definition) is 2. The molecule has 1 aromatic heterocycles. The summed E-state index contributed by atoms with van der Waals surface area (Å²) in [6, 6.07) is 33.3. The summed E-state index contributed by atoms with van der Waals surface area (Å²) in [6.45, 7) is 1.49. The van der Waals surface area contributed by atoms with E-state index < -0.39 is 36.1 Å². The van der Waals surface area contributed by atoms with Gasteiger partial charge in [-0.25, -0.2) is 0 Å². The van der Waals surface area contributed by atoms with E-state index in [9.17, 15) is 32.7 Å². The quantitative estimate of drug-likeness (QED) is 0.139. The molecule has 0 aliphatic carbocycles. The lowest BCUT2D eigenvalue weighted by molar-refractivity contribution is -0.138. The van der Waals surface area contributed by atoms with Gasteiger partial charge in [0.1, 0.15) is 6.54 Å². The molecule has 6 rings (SSSR count). The van der Waals surface area contributed by atoms with Crippen molar-refractivity contribution >= 4 is 23.5 Å². The van der Waals surface area contributed by atoms with Crippen molar-refractivity contribution in [2.24, 2.45) is 0 Å². The normalized spacial score (nSPS) is 11.2. The van der Waals surface area contributed by atoms with Crippen LogP contribution in [-0.2, 0) is 28.7 Å². The van der Waals surface area contributed by atoms with Crippen LogP contribution in [0.2, 0.25) is 0 Å². The number of amides is 2. The molecule has 0 atom stereocenters. The molecule has 1 heterocycles. The number of carbonyl (C=O) groups excluding carboxylic acids is 2. The second kappa shape index (κ2) is 15.1. The van der Waals surface area contributed by atoms with Crippen LogP contribution < -0.4 is 5.32 Å². The minimum atomic E-state index is -4.47. The Hall–Kier alpha value is -6.56. The Morgan fingerprint density at radius 3 is 1.88 bits per heavy atom. The monoisotopic (exact) mass is 704 g/mol. The smallest absolute Gasteiger partial charge is 0.416 e. The number of rotatable bonds is 11. The number of benzene rings is 5. The third-order valence-corrected chi connectivity index (χ3v) is 8.20. The Kier molecular flexibility index (Phi) is 10.3. The highest BCUT2D eigenvalue weighted by molar-refractivity contribution is 5.97. The van der Waals surface area contributed by atoms with Crippen LogP contribution in [0.1, 0.15) is 32.6 Å². The van der Waals surface area contributed by atoms with E-state index in [1.807, 2.05) is 31.2 Å². The van der Waals surface area contributed by atoms with Crippen molar-refractivity contribution in [2.75, 3.05) is 11.9 Å². The topological polar surface area (TPSA) is 126 Å². The maximum atomic E-state index is 13.4. The van der Waals surface area contributed by atoms with Crippen LogP contribution in [0.3, 0.4) is 0 Å². The van der Waals surface area contributed by atoms with Crippen LogP contribution in [-0.4, -0.2) is 44.5 Å². The Bertz CT molecular complexity index is 2180. The van der Waals surface area contributed by atoms with E-state index >= 15 is 0 Å². The van der Waals surface area contributed by atoms with Crippen LogP contribution in [0.5, 0.6) is 0 Å². The van der Waals surface area contributed by atoms with Gasteiger partial charge in [-0.05, 0) is 77.7 Å². The minimum absolute atomic E-state index is 0.00184. The molecule has 9 nitrogen and oxygen atoms in total. The van der Waals surface area contributed by atoms with Gasteiger partial charge < -0.3 is 19.8 Å². The maximum Gasteiger partial charge on any atom is 0.416 e. The third-order valence-electron chi connectivity index (χ3n) is 8.20. The van der Waals surface area contributed by atoms with Crippen LogP contribution in [0, 0.1) is 6.92 Å². The van der Waals surface area contributed by atoms with Gasteiger partial charge in [-0.2, -0.15) is 18.2 Å². The van der Waals surface area contributed by atoms with Gasteiger partial charge in [0.05, 0.1) is 12.0 Å². The second-order valence-electron chi connectivity index (χ2n) is 12.1. The van der Waals surface area contributed by atoms with Crippen molar-refractivity contribution in [1.82, 2.24) is 15.0 Å². The predicted octanol–water partition coefficient (Wildman–Crippen LogP) is 8.31. The van der Waals surface area contributed by atoms with Crippen molar-refractivity contribution in [1.29, 1.82) is 0 Å². The summed E-state index contributed by atoms with van der Waals surface area (Å²) in [4.78, 5) is 43.2. The fraction of sp³-hybridized carbons (Fsp3) is 0.125. The standard InChI is InChI=1S/C40H31F3N4O5/c1-25-2-8-28(9-3-25)29-12-14-31(15-13-29)38-45-37(46-52-38)30-10-4-27(5-11-30)23-47(24-36(49)50)39(51)32-16-20-34(21-17-32)44-35(48)22-26-6-18-33(19-7-26)40(41,42)43/h2-21H,22-24H2,1H3,(H,44,48)(H,49,50). The molecule has 0 aliphatic heterocycles. The fourth-order valence-corrected chi connectivity index (χ4v) is 5.43. The first-order valence-electron chi connectivity index (χ1n) is 16.1. The Labute approximate surface area is 296 Å². The summed E-state index contributed by atoms with van der Waals surface area (Å²) in [5.74, 6) is -1.46. The molecule has 0 aliphatic rings. The number of alkyl halides is 3. The molecule has 2 amide bonds. The first-order chi connectivity index (χ1) is 24.9. The van der Waals surface area contributed by atoms with Crippen LogP contribution >= 0.6 is 0 Å².